The van der Waals surface area contributed by atoms with Gasteiger partial charge in [-0.1, -0.05) is 13.0 Å². The predicted octanol–water partition coefficient (Wildman–Crippen LogP) is 1.31. The Morgan fingerprint density at radius 2 is 2.00 bits per heavy atom. The quantitative estimate of drug-likeness (QED) is 0.888. The van der Waals surface area contributed by atoms with Crippen LogP contribution in [0.15, 0.2) is 23.1 Å². The molecule has 0 spiro atoms. The van der Waals surface area contributed by atoms with Gasteiger partial charge in [-0.15, -0.1) is 0 Å². The standard InChI is InChI=1S/C11H13F2NO4S/c1-7(11(15)16)6-14(2)19(17,18)9-5-3-4-8(12)10(9)13/h3-5,7H,6H2,1-2H3,(H,15,16). The number of carbonyl (C=O) groups is 1. The van der Waals surface area contributed by atoms with Gasteiger partial charge >= 0.3 is 5.97 Å². The Bertz CT molecular complexity index is 588. The predicted molar refractivity (Wildman–Crippen MR) is 63.0 cm³/mol. The van der Waals surface area contributed by atoms with Gasteiger partial charge in [0.1, 0.15) is 4.90 Å². The van der Waals surface area contributed by atoms with Gasteiger partial charge in [-0.25, -0.2) is 17.2 Å². The van der Waals surface area contributed by atoms with Crippen LogP contribution in [0.4, 0.5) is 8.78 Å². The molecule has 8 heteroatoms. The third-order valence-corrected chi connectivity index (χ3v) is 4.40. The van der Waals surface area contributed by atoms with Gasteiger partial charge in [0.2, 0.25) is 10.0 Å². The van der Waals surface area contributed by atoms with E-state index >= 15 is 0 Å². The van der Waals surface area contributed by atoms with E-state index in [9.17, 15) is 22.0 Å². The van der Waals surface area contributed by atoms with Crippen molar-refractivity contribution in [2.75, 3.05) is 13.6 Å². The fourth-order valence-corrected chi connectivity index (χ4v) is 2.74. The van der Waals surface area contributed by atoms with Crippen LogP contribution in [-0.4, -0.2) is 37.4 Å². The van der Waals surface area contributed by atoms with Crippen LogP contribution >= 0.6 is 0 Å². The Morgan fingerprint density at radius 1 is 1.42 bits per heavy atom. The molecule has 106 valence electrons. The number of rotatable bonds is 5. The lowest BCUT2D eigenvalue weighted by atomic mass is 10.2. The van der Waals surface area contributed by atoms with E-state index in [-0.39, 0.29) is 6.54 Å². The summed E-state index contributed by atoms with van der Waals surface area (Å²) in [5.74, 6) is -4.89. The average molecular weight is 293 g/mol. The van der Waals surface area contributed by atoms with Crippen molar-refractivity contribution in [1.29, 1.82) is 0 Å². The second-order valence-electron chi connectivity index (χ2n) is 4.08. The summed E-state index contributed by atoms with van der Waals surface area (Å²) in [5, 5.41) is 8.71. The lowest BCUT2D eigenvalue weighted by molar-refractivity contribution is -0.141. The van der Waals surface area contributed by atoms with E-state index in [4.69, 9.17) is 5.11 Å². The summed E-state index contributed by atoms with van der Waals surface area (Å²) < 4.78 is 51.1. The molecule has 1 aromatic carbocycles. The molecule has 1 atom stereocenters. The molecule has 0 bridgehead atoms. The molecule has 1 unspecified atom stereocenters. The van der Waals surface area contributed by atoms with Crippen LogP contribution in [-0.2, 0) is 14.8 Å². The second kappa shape index (κ2) is 5.62. The van der Waals surface area contributed by atoms with Crippen LogP contribution in [0.3, 0.4) is 0 Å². The van der Waals surface area contributed by atoms with Crippen LogP contribution in [0.2, 0.25) is 0 Å². The minimum atomic E-state index is -4.27. The summed E-state index contributed by atoms with van der Waals surface area (Å²) >= 11 is 0. The molecule has 0 saturated heterocycles. The van der Waals surface area contributed by atoms with Gasteiger partial charge in [0.05, 0.1) is 5.92 Å². The van der Waals surface area contributed by atoms with Gasteiger partial charge in [-0.05, 0) is 12.1 Å². The zero-order valence-corrected chi connectivity index (χ0v) is 11.1. The van der Waals surface area contributed by atoms with Gasteiger partial charge in [-0.3, -0.25) is 4.79 Å². The monoisotopic (exact) mass is 293 g/mol. The highest BCUT2D eigenvalue weighted by molar-refractivity contribution is 7.89. The minimum Gasteiger partial charge on any atom is -0.481 e. The van der Waals surface area contributed by atoms with E-state index in [0.717, 1.165) is 25.2 Å². The topological polar surface area (TPSA) is 74.7 Å². The van der Waals surface area contributed by atoms with E-state index in [1.54, 1.807) is 0 Å². The molecule has 0 aromatic heterocycles. The Balaban J connectivity index is 3.10. The molecule has 1 N–H and O–H groups in total. The SMILES string of the molecule is CC(CN(C)S(=O)(=O)c1cccc(F)c1F)C(=O)O. The number of halogens is 2. The Labute approximate surface area is 109 Å². The van der Waals surface area contributed by atoms with Crippen molar-refractivity contribution in [1.82, 2.24) is 4.31 Å². The summed E-state index contributed by atoms with van der Waals surface area (Å²) in [4.78, 5) is 9.85. The van der Waals surface area contributed by atoms with Crippen molar-refractivity contribution >= 4 is 16.0 Å². The van der Waals surface area contributed by atoms with Gasteiger partial charge in [0.25, 0.3) is 0 Å². The summed E-state index contributed by atoms with van der Waals surface area (Å²) in [6.45, 7) is 0.976. The van der Waals surface area contributed by atoms with Crippen LogP contribution in [0.25, 0.3) is 0 Å². The number of benzene rings is 1. The number of nitrogens with zero attached hydrogens (tertiary/aromatic N) is 1. The van der Waals surface area contributed by atoms with Crippen molar-refractivity contribution in [2.45, 2.75) is 11.8 Å². The summed E-state index contributed by atoms with van der Waals surface area (Å²) in [6.07, 6.45) is 0. The number of hydrogen-bond donors (Lipinski definition) is 1. The first kappa shape index (κ1) is 15.5. The molecule has 5 nitrogen and oxygen atoms in total. The van der Waals surface area contributed by atoms with E-state index in [2.05, 4.69) is 0 Å². The molecule has 0 aliphatic heterocycles. The van der Waals surface area contributed by atoms with Crippen molar-refractivity contribution in [3.05, 3.63) is 29.8 Å². The fourth-order valence-electron chi connectivity index (χ4n) is 1.41. The van der Waals surface area contributed by atoms with Crippen LogP contribution in [0, 0.1) is 17.6 Å². The van der Waals surface area contributed by atoms with E-state index in [1.807, 2.05) is 0 Å². The third-order valence-electron chi connectivity index (χ3n) is 2.56. The Hall–Kier alpha value is -1.54. The smallest absolute Gasteiger partial charge is 0.307 e. The zero-order chi connectivity index (χ0) is 14.8. The molecule has 0 amide bonds. The molecule has 1 aromatic rings. The Morgan fingerprint density at radius 3 is 2.53 bits per heavy atom. The molecule has 0 aliphatic rings. The molecule has 1 rings (SSSR count). The van der Waals surface area contributed by atoms with Crippen molar-refractivity contribution < 1.29 is 27.1 Å². The molecule has 0 heterocycles. The second-order valence-corrected chi connectivity index (χ2v) is 6.09. The number of aliphatic carboxylic acids is 1. The number of carboxylic acids is 1. The van der Waals surface area contributed by atoms with E-state index in [1.165, 1.54) is 6.92 Å². The molecule has 0 fully saturated rings. The largest absolute Gasteiger partial charge is 0.481 e. The number of carboxylic acid groups (broad SMARTS) is 1. The molecule has 0 saturated carbocycles. The highest BCUT2D eigenvalue weighted by Crippen LogP contribution is 2.20. The molecule has 19 heavy (non-hydrogen) atoms. The van der Waals surface area contributed by atoms with Crippen LogP contribution < -0.4 is 0 Å². The third kappa shape index (κ3) is 3.27. The van der Waals surface area contributed by atoms with Crippen LogP contribution in [0.1, 0.15) is 6.92 Å². The van der Waals surface area contributed by atoms with Crippen LogP contribution in [0.5, 0.6) is 0 Å². The fraction of sp³-hybridized carbons (Fsp3) is 0.364. The molecular formula is C11H13F2NO4S. The van der Waals surface area contributed by atoms with Crippen molar-refractivity contribution in [2.24, 2.45) is 5.92 Å². The molecular weight excluding hydrogens is 280 g/mol. The average Bonchev–Trinajstić information content (AvgIpc) is 2.32. The Kier molecular flexibility index (Phi) is 4.59. The van der Waals surface area contributed by atoms with Gasteiger partial charge in [-0.2, -0.15) is 4.31 Å². The summed E-state index contributed by atoms with van der Waals surface area (Å²) in [6, 6.07) is 2.80. The maximum atomic E-state index is 13.5. The number of sulfonamides is 1. The highest BCUT2D eigenvalue weighted by Gasteiger charge is 2.28. The zero-order valence-electron chi connectivity index (χ0n) is 10.3. The highest BCUT2D eigenvalue weighted by atomic mass is 32.2. The van der Waals surface area contributed by atoms with Gasteiger partial charge < -0.3 is 5.11 Å². The maximum Gasteiger partial charge on any atom is 0.307 e. The lowest BCUT2D eigenvalue weighted by Gasteiger charge is -2.19. The van der Waals surface area contributed by atoms with Crippen molar-refractivity contribution in [3.8, 4) is 0 Å². The molecule has 0 radical (unpaired) electrons. The summed E-state index contributed by atoms with van der Waals surface area (Å²) in [7, 11) is -3.16. The van der Waals surface area contributed by atoms with Gasteiger partial charge in [0.15, 0.2) is 11.6 Å². The number of hydrogen-bond acceptors (Lipinski definition) is 3. The first-order valence-corrected chi connectivity index (χ1v) is 6.75. The molecule has 0 aliphatic carbocycles. The normalized spacial score (nSPS) is 13.5. The first-order valence-electron chi connectivity index (χ1n) is 5.31. The maximum absolute atomic E-state index is 13.5. The van der Waals surface area contributed by atoms with E-state index in [0.29, 0.717) is 4.31 Å². The van der Waals surface area contributed by atoms with Gasteiger partial charge in [0, 0.05) is 13.6 Å². The lowest BCUT2D eigenvalue weighted by Crippen LogP contribution is -2.34. The van der Waals surface area contributed by atoms with Crippen molar-refractivity contribution in [3.63, 3.8) is 0 Å². The van der Waals surface area contributed by atoms with E-state index < -0.39 is 38.4 Å². The minimum absolute atomic E-state index is 0.340. The summed E-state index contributed by atoms with van der Waals surface area (Å²) in [5.41, 5.74) is 0. The first-order chi connectivity index (χ1) is 8.67.